The third kappa shape index (κ3) is 10.4. The molecule has 0 spiro atoms. The quantitative estimate of drug-likeness (QED) is 0.0448. The van der Waals surface area contributed by atoms with Gasteiger partial charge >= 0.3 is 20.5 Å². The molecule has 4 atom stereocenters. The van der Waals surface area contributed by atoms with Gasteiger partial charge in [0.05, 0.1) is 0 Å². The van der Waals surface area contributed by atoms with Crippen molar-refractivity contribution in [2.45, 2.75) is 57.5 Å². The van der Waals surface area contributed by atoms with Gasteiger partial charge in [-0.1, -0.05) is 30.4 Å². The molecule has 0 aliphatic rings. The van der Waals surface area contributed by atoms with E-state index in [9.17, 15) is 37.3 Å². The molecule has 0 bridgehead atoms. The number of aliphatic hydroxyl groups is 4. The summed E-state index contributed by atoms with van der Waals surface area (Å²) in [6, 6.07) is 10.2. The lowest BCUT2D eigenvalue weighted by atomic mass is 10.1. The van der Waals surface area contributed by atoms with Crippen LogP contribution in [0.2, 0.25) is 0 Å². The molecule has 0 fully saturated rings. The number of hydrogen-bond donors (Lipinski definition) is 9. The minimum atomic E-state index is -5.46. The van der Waals surface area contributed by atoms with E-state index in [1.807, 2.05) is 0 Å². The lowest BCUT2D eigenvalue weighted by molar-refractivity contribution is 0.102. The first-order valence-corrected chi connectivity index (χ1v) is 17.7. The fourth-order valence-corrected chi connectivity index (χ4v) is 6.53. The molecule has 0 radical (unpaired) electrons. The van der Waals surface area contributed by atoms with Gasteiger partial charge in [0.25, 0.3) is 0 Å². The topological polar surface area (TPSA) is 339 Å². The predicted octanol–water partition coefficient (Wildman–Crippen LogP) is 0.353. The molecule has 4 aromatic rings. The molecule has 280 valence electrons. The maximum absolute atomic E-state index is 13.0. The third-order valence-corrected chi connectivity index (χ3v) is 8.99. The van der Waals surface area contributed by atoms with Crippen LogP contribution in [-0.2, 0) is 24.1 Å². The minimum absolute atomic E-state index is 0.00516. The monoisotopic (exact) mass is 764 g/mol. The fourth-order valence-electron chi connectivity index (χ4n) is 4.63. The van der Waals surface area contributed by atoms with Gasteiger partial charge in [-0.15, -0.1) is 3.63 Å². The smallest absolute Gasteiger partial charge is 0.374 e. The van der Waals surface area contributed by atoms with Crippen molar-refractivity contribution in [1.82, 2.24) is 29.9 Å². The lowest BCUT2D eigenvalue weighted by Gasteiger charge is -2.28. The van der Waals surface area contributed by atoms with Crippen molar-refractivity contribution in [3.63, 3.8) is 0 Å². The summed E-state index contributed by atoms with van der Waals surface area (Å²) in [5.74, 6) is -1.01. The molecular weight excluding hydrogens is 729 g/mol. The van der Waals surface area contributed by atoms with E-state index in [0.29, 0.717) is 11.3 Å². The molecule has 22 nitrogen and oxygen atoms in total. The largest absolute Gasteiger partial charge is 0.412 e. The summed E-state index contributed by atoms with van der Waals surface area (Å²) in [6.07, 6.45) is -1.93. The predicted molar refractivity (Wildman–Crippen MR) is 188 cm³/mol. The van der Waals surface area contributed by atoms with Crippen LogP contribution in [0.15, 0.2) is 47.4 Å². The van der Waals surface area contributed by atoms with E-state index >= 15 is 0 Å². The molecule has 52 heavy (non-hydrogen) atoms. The SMILES string of the molecule is CC(O)N(c1nc(N)nc(Nc2ccc(C=Cc3ccc(Nc4nc(N)nc(N(C(C)O)C(C)O)n4)cc3S(=O)(=O)OS(=O)(=O)O)cc2)n1)C(C)O. The van der Waals surface area contributed by atoms with Crippen LogP contribution in [0.5, 0.6) is 0 Å². The van der Waals surface area contributed by atoms with Crippen LogP contribution < -0.4 is 31.9 Å². The Morgan fingerprint density at radius 2 is 1.12 bits per heavy atom. The number of nitrogens with one attached hydrogen (secondary N) is 2. The summed E-state index contributed by atoms with van der Waals surface area (Å²) in [6.45, 7) is 5.52. The highest BCUT2D eigenvalue weighted by Crippen LogP contribution is 2.28. The molecule has 11 N–H and O–H groups in total. The highest BCUT2D eigenvalue weighted by atomic mass is 32.3. The first kappa shape index (κ1) is 39.4. The molecule has 0 saturated carbocycles. The van der Waals surface area contributed by atoms with Gasteiger partial charge < -0.3 is 42.5 Å². The van der Waals surface area contributed by atoms with E-state index in [0.717, 1.165) is 15.9 Å². The Kier molecular flexibility index (Phi) is 12.1. The van der Waals surface area contributed by atoms with E-state index < -0.39 is 50.3 Å². The summed E-state index contributed by atoms with van der Waals surface area (Å²) < 4.78 is 62.0. The lowest BCUT2D eigenvalue weighted by Crippen LogP contribution is -2.41. The summed E-state index contributed by atoms with van der Waals surface area (Å²) in [4.78, 5) is 25.5. The van der Waals surface area contributed by atoms with Gasteiger partial charge in [0, 0.05) is 11.4 Å². The minimum Gasteiger partial charge on any atom is -0.374 e. The van der Waals surface area contributed by atoms with Crippen molar-refractivity contribution in [1.29, 1.82) is 0 Å². The van der Waals surface area contributed by atoms with Crippen LogP contribution in [0.1, 0.15) is 38.8 Å². The molecule has 4 rings (SSSR count). The average molecular weight is 765 g/mol. The second kappa shape index (κ2) is 15.9. The number of anilines is 8. The molecule has 0 amide bonds. The van der Waals surface area contributed by atoms with Gasteiger partial charge in [-0.3, -0.25) is 14.4 Å². The molecule has 2 heterocycles. The van der Waals surface area contributed by atoms with E-state index in [-0.39, 0.29) is 46.9 Å². The second-order valence-corrected chi connectivity index (χ2v) is 13.6. The number of aliphatic hydroxyl groups excluding tert-OH is 4. The van der Waals surface area contributed by atoms with Crippen molar-refractivity contribution >= 4 is 79.7 Å². The first-order valence-electron chi connectivity index (χ1n) is 14.9. The van der Waals surface area contributed by atoms with Crippen LogP contribution in [0.4, 0.5) is 47.1 Å². The zero-order valence-electron chi connectivity index (χ0n) is 27.8. The van der Waals surface area contributed by atoms with Gasteiger partial charge in [0.2, 0.25) is 35.7 Å². The molecule has 0 saturated heterocycles. The van der Waals surface area contributed by atoms with E-state index in [2.05, 4.69) is 44.2 Å². The number of nitrogen functional groups attached to an aromatic ring is 2. The van der Waals surface area contributed by atoms with Crippen LogP contribution in [0.3, 0.4) is 0 Å². The van der Waals surface area contributed by atoms with Crippen molar-refractivity contribution in [3.8, 4) is 0 Å². The van der Waals surface area contributed by atoms with E-state index in [4.69, 9.17) is 16.0 Å². The van der Waals surface area contributed by atoms with Crippen LogP contribution in [0, 0.1) is 0 Å². The molecule has 0 aliphatic heterocycles. The van der Waals surface area contributed by atoms with Crippen molar-refractivity contribution < 1.29 is 45.4 Å². The normalized spacial score (nSPS) is 14.4. The van der Waals surface area contributed by atoms with Crippen molar-refractivity contribution in [3.05, 3.63) is 53.6 Å². The van der Waals surface area contributed by atoms with Gasteiger partial charge in [0.15, 0.2) is 0 Å². The Morgan fingerprint density at radius 1 is 0.673 bits per heavy atom. The summed E-state index contributed by atoms with van der Waals surface area (Å²) >= 11 is 0. The maximum atomic E-state index is 13.0. The van der Waals surface area contributed by atoms with Gasteiger partial charge in [-0.2, -0.15) is 46.7 Å². The Labute approximate surface area is 297 Å². The Hall–Kier alpha value is -5.34. The fraction of sp³-hybridized carbons (Fsp3) is 0.286. The second-order valence-electron chi connectivity index (χ2n) is 10.9. The number of nitrogens with zero attached hydrogens (tertiary/aromatic N) is 8. The molecule has 24 heteroatoms. The molecule has 4 unspecified atom stereocenters. The van der Waals surface area contributed by atoms with Crippen LogP contribution in [0.25, 0.3) is 12.2 Å². The highest BCUT2D eigenvalue weighted by molar-refractivity contribution is 7.97. The highest BCUT2D eigenvalue weighted by Gasteiger charge is 2.27. The van der Waals surface area contributed by atoms with Gasteiger partial charge in [0.1, 0.15) is 29.8 Å². The molecule has 2 aromatic carbocycles. The zero-order valence-corrected chi connectivity index (χ0v) is 29.5. The van der Waals surface area contributed by atoms with E-state index in [1.54, 1.807) is 24.3 Å². The number of nitrogens with two attached hydrogens (primary N) is 2. The van der Waals surface area contributed by atoms with Gasteiger partial charge in [-0.05, 0) is 63.1 Å². The number of aromatic nitrogens is 6. The summed E-state index contributed by atoms with van der Waals surface area (Å²) in [5, 5.41) is 45.7. The average Bonchev–Trinajstić information content (AvgIpc) is 2.98. The summed E-state index contributed by atoms with van der Waals surface area (Å²) in [7, 11) is -10.6. The standard InChI is InChI=1S/C28H36N12O10S2/c1-14(41)39(15(2)42)27-35-23(29)33-25(37-27)31-20-10-6-18(7-11-20)5-8-19-9-12-21(13-22(19)51(45,46)50-52(47,48)49)32-26-34-24(30)36-28(38-26)40(16(3)43)17(4)44/h5-17,41-44H,1-4H3,(H,47,48,49)(H3,29,31,33,35,37)(H3,30,32,34,36,38). The van der Waals surface area contributed by atoms with E-state index in [1.165, 1.54) is 52.0 Å². The van der Waals surface area contributed by atoms with Crippen LogP contribution in [-0.4, -0.2) is 96.6 Å². The van der Waals surface area contributed by atoms with Crippen molar-refractivity contribution in [2.75, 3.05) is 31.9 Å². The Balaban J connectivity index is 1.63. The first-order chi connectivity index (χ1) is 24.2. The zero-order chi connectivity index (χ0) is 38.5. The number of hydrogen-bond acceptors (Lipinski definition) is 21. The molecule has 2 aromatic heterocycles. The Bertz CT molecular complexity index is 2120. The maximum Gasteiger partial charge on any atom is 0.412 e. The van der Waals surface area contributed by atoms with Crippen LogP contribution >= 0.6 is 0 Å². The van der Waals surface area contributed by atoms with Gasteiger partial charge in [-0.25, -0.2) is 0 Å². The number of benzene rings is 2. The number of rotatable bonds is 15. The van der Waals surface area contributed by atoms with Crippen molar-refractivity contribution in [2.24, 2.45) is 0 Å². The third-order valence-electron chi connectivity index (χ3n) is 6.69. The summed E-state index contributed by atoms with van der Waals surface area (Å²) in [5.41, 5.74) is 12.6. The molecule has 0 aliphatic carbocycles. The Morgan fingerprint density at radius 3 is 1.56 bits per heavy atom. The molecular formula is C28H36N12O10S2.